The Labute approximate surface area is 65.7 Å². The second-order valence-corrected chi connectivity index (χ2v) is 3.29. The van der Waals surface area contributed by atoms with Crippen molar-refractivity contribution in [2.75, 3.05) is 0 Å². The van der Waals surface area contributed by atoms with Crippen LogP contribution in [0.1, 0.15) is 16.7 Å². The molecule has 0 bridgehead atoms. The summed E-state index contributed by atoms with van der Waals surface area (Å²) in [5.74, 6) is 0. The van der Waals surface area contributed by atoms with Crippen LogP contribution >= 0.6 is 0 Å². The summed E-state index contributed by atoms with van der Waals surface area (Å²) in [7, 11) is 1.15. The van der Waals surface area contributed by atoms with E-state index in [-0.39, 0.29) is 0 Å². The molecule has 0 unspecified atom stereocenters. The summed E-state index contributed by atoms with van der Waals surface area (Å²) in [6.07, 6.45) is 0. The molecule has 0 aliphatic rings. The monoisotopic (exact) mass is 149 g/mol. The fourth-order valence-corrected chi connectivity index (χ4v) is 1.51. The van der Waals surface area contributed by atoms with E-state index in [1.807, 2.05) is 0 Å². The van der Waals surface area contributed by atoms with Crippen LogP contribution in [0, 0.1) is 19.9 Å². The minimum Gasteiger partial charge on any atom is -0.0564 e. The number of rotatable bonds is 1. The van der Waals surface area contributed by atoms with Crippen molar-refractivity contribution in [3.63, 3.8) is 0 Å². The van der Waals surface area contributed by atoms with Gasteiger partial charge in [0.2, 0.25) is 0 Å². The van der Waals surface area contributed by atoms with E-state index in [4.69, 9.17) is 0 Å². The van der Waals surface area contributed by atoms with Crippen molar-refractivity contribution in [3.8, 4) is 0 Å². The molecule has 0 spiro atoms. The van der Waals surface area contributed by atoms with Crippen molar-refractivity contribution in [1.82, 2.24) is 0 Å². The topological polar surface area (TPSA) is 0 Å². The lowest BCUT2D eigenvalue weighted by Gasteiger charge is -2.00. The van der Waals surface area contributed by atoms with E-state index in [1.54, 1.807) is 0 Å². The molecule has 0 aromatic heterocycles. The lowest BCUT2D eigenvalue weighted by molar-refractivity contribution is 1.36. The van der Waals surface area contributed by atoms with E-state index >= 15 is 0 Å². The van der Waals surface area contributed by atoms with Crippen LogP contribution in [0.5, 0.6) is 0 Å². The minimum absolute atomic E-state index is 1.15. The molecule has 0 heterocycles. The van der Waals surface area contributed by atoms with Crippen LogP contribution in [0.15, 0.2) is 18.2 Å². The maximum Gasteiger partial charge on any atom is 0.0126 e. The van der Waals surface area contributed by atoms with Crippen LogP contribution in [-0.2, 0) is 0 Å². The zero-order chi connectivity index (χ0) is 7.56. The molecule has 0 amide bonds. The molecule has 1 aromatic rings. The third-order valence-electron chi connectivity index (χ3n) is 1.58. The highest BCUT2D eigenvalue weighted by molar-refractivity contribution is 6.16. The van der Waals surface area contributed by atoms with Gasteiger partial charge in [-0.15, -0.1) is 0 Å². The van der Waals surface area contributed by atoms with Gasteiger partial charge in [0.25, 0.3) is 0 Å². The van der Waals surface area contributed by atoms with Gasteiger partial charge in [-0.25, -0.2) is 0 Å². The summed E-state index contributed by atoms with van der Waals surface area (Å²) < 4.78 is 0. The molecule has 1 aromatic carbocycles. The molecular formula is C9H13Si. The molecule has 0 aliphatic carbocycles. The largest absolute Gasteiger partial charge is 0.0564 e. The highest BCUT2D eigenvalue weighted by Crippen LogP contribution is 2.08. The van der Waals surface area contributed by atoms with E-state index in [9.17, 15) is 0 Å². The van der Waals surface area contributed by atoms with Gasteiger partial charge in [0.15, 0.2) is 0 Å². The van der Waals surface area contributed by atoms with Crippen LogP contribution in [0.4, 0.5) is 0 Å². The lowest BCUT2D eigenvalue weighted by Crippen LogP contribution is -1.84. The minimum atomic E-state index is 1.15. The maximum absolute atomic E-state index is 2.26. The van der Waals surface area contributed by atoms with Crippen molar-refractivity contribution >= 4 is 10.2 Å². The smallest absolute Gasteiger partial charge is 0.0126 e. The molecule has 1 radical (unpaired) electrons. The van der Waals surface area contributed by atoms with Gasteiger partial charge in [-0.2, -0.15) is 0 Å². The average Bonchev–Trinajstić information content (AvgIpc) is 1.85. The first-order valence-electron chi connectivity index (χ1n) is 3.60. The van der Waals surface area contributed by atoms with Crippen LogP contribution in [0.25, 0.3) is 0 Å². The average molecular weight is 149 g/mol. The predicted molar refractivity (Wildman–Crippen MR) is 49.3 cm³/mol. The molecule has 53 valence electrons. The standard InChI is InChI=1S/C9H13Si/c1-7-3-8(2)5-9(4-7)6-10/h3-6H,1-2,10H3. The zero-order valence-corrected chi connectivity index (χ0v) is 8.81. The first-order chi connectivity index (χ1) is 4.72. The summed E-state index contributed by atoms with van der Waals surface area (Å²) in [4.78, 5) is 0. The Morgan fingerprint density at radius 3 is 2.00 bits per heavy atom. The van der Waals surface area contributed by atoms with Crippen LogP contribution in [-0.4, -0.2) is 10.2 Å². The van der Waals surface area contributed by atoms with Gasteiger partial charge < -0.3 is 0 Å². The number of hydrogen-bond acceptors (Lipinski definition) is 0. The molecule has 1 heteroatoms. The highest BCUT2D eigenvalue weighted by atomic mass is 28.1. The summed E-state index contributed by atoms with van der Waals surface area (Å²) in [5, 5.41) is 0. The van der Waals surface area contributed by atoms with Crippen LogP contribution < -0.4 is 0 Å². The van der Waals surface area contributed by atoms with Crippen molar-refractivity contribution < 1.29 is 0 Å². The molecule has 0 aliphatic heterocycles. The van der Waals surface area contributed by atoms with Gasteiger partial charge in [-0.1, -0.05) is 29.3 Å². The van der Waals surface area contributed by atoms with Gasteiger partial charge in [0.05, 0.1) is 0 Å². The molecule has 0 saturated heterocycles. The lowest BCUT2D eigenvalue weighted by atomic mass is 10.1. The van der Waals surface area contributed by atoms with Gasteiger partial charge in [-0.3, -0.25) is 0 Å². The van der Waals surface area contributed by atoms with E-state index in [2.05, 4.69) is 38.1 Å². The summed E-state index contributed by atoms with van der Waals surface area (Å²) >= 11 is 0. The zero-order valence-electron chi connectivity index (χ0n) is 6.81. The molecule has 0 atom stereocenters. The molecule has 10 heavy (non-hydrogen) atoms. The van der Waals surface area contributed by atoms with Crippen LogP contribution in [0.2, 0.25) is 0 Å². The fraction of sp³-hybridized carbons (Fsp3) is 0.222. The second-order valence-electron chi connectivity index (χ2n) is 2.71. The quantitative estimate of drug-likeness (QED) is 0.526. The molecular weight excluding hydrogens is 136 g/mol. The Balaban J connectivity index is 3.06. The first kappa shape index (κ1) is 7.54. The van der Waals surface area contributed by atoms with Crippen molar-refractivity contribution in [3.05, 3.63) is 40.9 Å². The fourth-order valence-electron chi connectivity index (χ4n) is 1.18. The third kappa shape index (κ3) is 1.71. The van der Waals surface area contributed by atoms with Crippen molar-refractivity contribution in [1.29, 1.82) is 0 Å². The molecule has 0 nitrogen and oxygen atoms in total. The Bertz CT molecular complexity index is 208. The van der Waals surface area contributed by atoms with Gasteiger partial charge in [-0.05, 0) is 25.5 Å². The van der Waals surface area contributed by atoms with Crippen molar-refractivity contribution in [2.45, 2.75) is 13.8 Å². The van der Waals surface area contributed by atoms with Gasteiger partial charge >= 0.3 is 0 Å². The summed E-state index contributed by atoms with van der Waals surface area (Å²) in [5.41, 5.74) is 4.10. The Hall–Kier alpha value is -0.563. The Morgan fingerprint density at radius 1 is 1.10 bits per heavy atom. The van der Waals surface area contributed by atoms with Gasteiger partial charge in [0, 0.05) is 10.2 Å². The first-order valence-corrected chi connectivity index (χ1v) is 4.75. The SMILES string of the molecule is Cc1cc(C)cc([CH][SiH3])c1. The normalized spacial score (nSPS) is 10.2. The number of hydrogen-bond donors (Lipinski definition) is 0. The third-order valence-corrected chi connectivity index (χ3v) is 2.24. The molecule has 0 N–H and O–H groups in total. The maximum atomic E-state index is 2.26. The molecule has 0 saturated carbocycles. The number of aryl methyl sites for hydroxylation is 2. The Kier molecular flexibility index (Phi) is 2.28. The highest BCUT2D eigenvalue weighted by Gasteiger charge is 1.91. The Morgan fingerprint density at radius 2 is 1.60 bits per heavy atom. The van der Waals surface area contributed by atoms with Crippen LogP contribution in [0.3, 0.4) is 0 Å². The predicted octanol–water partition coefficient (Wildman–Crippen LogP) is 1.18. The molecule has 1 rings (SSSR count). The van der Waals surface area contributed by atoms with Crippen molar-refractivity contribution in [2.24, 2.45) is 0 Å². The number of benzene rings is 1. The van der Waals surface area contributed by atoms with Gasteiger partial charge in [0.1, 0.15) is 0 Å². The van der Waals surface area contributed by atoms with E-state index in [1.165, 1.54) is 16.7 Å². The summed E-state index contributed by atoms with van der Waals surface area (Å²) in [6, 6.07) is 8.91. The van der Waals surface area contributed by atoms with E-state index < -0.39 is 0 Å². The molecule has 0 fully saturated rings. The van der Waals surface area contributed by atoms with E-state index in [0.29, 0.717) is 0 Å². The van der Waals surface area contributed by atoms with E-state index in [0.717, 1.165) is 10.2 Å². The second kappa shape index (κ2) is 3.02. The summed E-state index contributed by atoms with van der Waals surface area (Å²) in [6.45, 7) is 4.28.